The molecule has 0 fully saturated rings. The number of hydrogen-bond donors (Lipinski definition) is 1. The molecule has 10 heteroatoms. The molecule has 0 saturated heterocycles. The zero-order valence-corrected chi connectivity index (χ0v) is 17.3. The minimum atomic E-state index is -0.710. The Hall–Kier alpha value is -3.62. The maximum Gasteiger partial charge on any atom is 0.365 e. The lowest BCUT2D eigenvalue weighted by molar-refractivity contribution is -0.384. The molecule has 8 nitrogen and oxygen atoms in total. The van der Waals surface area contributed by atoms with Gasteiger partial charge in [0.25, 0.3) is 5.69 Å². The SMILES string of the molecule is N/C(=N\OC(=O)c1ccc(COc2ccc(Cl)cc2Cl)cc1)c1ccc([N+](=O)[O-])cc1. The van der Waals surface area contributed by atoms with Crippen LogP contribution in [0.2, 0.25) is 10.0 Å². The summed E-state index contributed by atoms with van der Waals surface area (Å²) in [4.78, 5) is 27.1. The molecular weight excluding hydrogens is 445 g/mol. The van der Waals surface area contributed by atoms with Crippen molar-refractivity contribution < 1.29 is 19.3 Å². The van der Waals surface area contributed by atoms with E-state index in [0.29, 0.717) is 21.4 Å². The second-order valence-corrected chi connectivity index (χ2v) is 7.06. The van der Waals surface area contributed by atoms with Crippen molar-refractivity contribution in [2.24, 2.45) is 10.9 Å². The third kappa shape index (κ3) is 5.94. The fraction of sp³-hybridized carbons (Fsp3) is 0.0476. The first-order valence-corrected chi connectivity index (χ1v) is 9.55. The lowest BCUT2D eigenvalue weighted by Gasteiger charge is -2.08. The van der Waals surface area contributed by atoms with Crippen molar-refractivity contribution in [3.63, 3.8) is 0 Å². The highest BCUT2D eigenvalue weighted by molar-refractivity contribution is 6.35. The van der Waals surface area contributed by atoms with Gasteiger partial charge in [0.15, 0.2) is 5.84 Å². The van der Waals surface area contributed by atoms with Crippen LogP contribution >= 0.6 is 23.2 Å². The van der Waals surface area contributed by atoms with E-state index in [9.17, 15) is 14.9 Å². The molecular formula is C21H15Cl2N3O5. The maximum atomic E-state index is 12.2. The summed E-state index contributed by atoms with van der Waals surface area (Å²) in [5, 5.41) is 15.2. The number of non-ortho nitro benzene ring substituents is 1. The molecule has 0 amide bonds. The van der Waals surface area contributed by atoms with Crippen LogP contribution in [0, 0.1) is 10.1 Å². The van der Waals surface area contributed by atoms with Gasteiger partial charge in [0.05, 0.1) is 15.5 Å². The minimum absolute atomic E-state index is 0.0871. The van der Waals surface area contributed by atoms with Crippen molar-refractivity contribution >= 4 is 40.7 Å². The fourth-order valence-electron chi connectivity index (χ4n) is 2.44. The van der Waals surface area contributed by atoms with Crippen LogP contribution in [0.1, 0.15) is 21.5 Å². The zero-order valence-electron chi connectivity index (χ0n) is 15.8. The highest BCUT2D eigenvalue weighted by atomic mass is 35.5. The van der Waals surface area contributed by atoms with Gasteiger partial charge >= 0.3 is 5.97 Å². The lowest BCUT2D eigenvalue weighted by atomic mass is 10.1. The van der Waals surface area contributed by atoms with Crippen LogP contribution in [0.3, 0.4) is 0 Å². The Morgan fingerprint density at radius 3 is 2.26 bits per heavy atom. The van der Waals surface area contributed by atoms with Crippen molar-refractivity contribution in [2.45, 2.75) is 6.61 Å². The molecule has 0 heterocycles. The molecule has 31 heavy (non-hydrogen) atoms. The summed E-state index contributed by atoms with van der Waals surface area (Å²) in [6, 6.07) is 16.8. The number of carbonyl (C=O) groups excluding carboxylic acids is 1. The average Bonchev–Trinajstić information content (AvgIpc) is 2.77. The molecule has 2 N–H and O–H groups in total. The van der Waals surface area contributed by atoms with Gasteiger partial charge in [0, 0.05) is 22.7 Å². The first-order valence-electron chi connectivity index (χ1n) is 8.80. The summed E-state index contributed by atoms with van der Waals surface area (Å²) >= 11 is 11.9. The third-order valence-corrected chi connectivity index (χ3v) is 4.61. The number of nitro benzene ring substituents is 1. The Balaban J connectivity index is 1.58. The number of nitrogens with two attached hydrogens (primary N) is 1. The highest BCUT2D eigenvalue weighted by Gasteiger charge is 2.10. The largest absolute Gasteiger partial charge is 0.487 e. The molecule has 0 bridgehead atoms. The van der Waals surface area contributed by atoms with E-state index in [2.05, 4.69) is 5.16 Å². The first kappa shape index (κ1) is 22.1. The van der Waals surface area contributed by atoms with Crippen molar-refractivity contribution in [2.75, 3.05) is 0 Å². The number of benzene rings is 3. The summed E-state index contributed by atoms with van der Waals surface area (Å²) in [7, 11) is 0. The molecule has 0 unspecified atom stereocenters. The third-order valence-electron chi connectivity index (χ3n) is 4.08. The van der Waals surface area contributed by atoms with E-state index in [0.717, 1.165) is 5.56 Å². The van der Waals surface area contributed by atoms with E-state index < -0.39 is 10.9 Å². The Labute approximate surface area is 186 Å². The Bertz CT molecular complexity index is 1130. The molecule has 0 aliphatic carbocycles. The smallest absolute Gasteiger partial charge is 0.365 e. The monoisotopic (exact) mass is 459 g/mol. The molecule has 3 aromatic rings. The van der Waals surface area contributed by atoms with Crippen LogP contribution in [0.5, 0.6) is 5.75 Å². The number of halogens is 2. The molecule has 3 aromatic carbocycles. The first-order chi connectivity index (χ1) is 14.8. The predicted molar refractivity (Wildman–Crippen MR) is 116 cm³/mol. The lowest BCUT2D eigenvalue weighted by Crippen LogP contribution is -2.15. The van der Waals surface area contributed by atoms with Gasteiger partial charge in [-0.2, -0.15) is 0 Å². The summed E-state index contributed by atoms with van der Waals surface area (Å²) in [6.07, 6.45) is 0. The number of carbonyl (C=O) groups is 1. The molecule has 0 aliphatic rings. The number of amidine groups is 1. The van der Waals surface area contributed by atoms with Crippen LogP contribution in [0.15, 0.2) is 71.9 Å². The van der Waals surface area contributed by atoms with E-state index in [-0.39, 0.29) is 23.7 Å². The van der Waals surface area contributed by atoms with Gasteiger partial charge in [0.2, 0.25) is 0 Å². The molecule has 0 saturated carbocycles. The van der Waals surface area contributed by atoms with E-state index in [1.54, 1.807) is 42.5 Å². The van der Waals surface area contributed by atoms with Crippen molar-refractivity contribution in [3.05, 3.63) is 104 Å². The van der Waals surface area contributed by atoms with Crippen LogP contribution in [0.4, 0.5) is 5.69 Å². The zero-order chi connectivity index (χ0) is 22.4. The van der Waals surface area contributed by atoms with Gasteiger partial charge < -0.3 is 15.3 Å². The molecule has 0 atom stereocenters. The highest BCUT2D eigenvalue weighted by Crippen LogP contribution is 2.28. The van der Waals surface area contributed by atoms with Gasteiger partial charge in [-0.15, -0.1) is 0 Å². The van der Waals surface area contributed by atoms with Gasteiger partial charge in [-0.05, 0) is 48.0 Å². The molecule has 0 aromatic heterocycles. The van der Waals surface area contributed by atoms with Gasteiger partial charge in [-0.25, -0.2) is 4.79 Å². The van der Waals surface area contributed by atoms with Gasteiger partial charge in [-0.1, -0.05) is 40.5 Å². The van der Waals surface area contributed by atoms with Crippen LogP contribution in [0.25, 0.3) is 0 Å². The molecule has 0 radical (unpaired) electrons. The number of oxime groups is 1. The number of rotatable bonds is 7. The number of nitro groups is 1. The maximum absolute atomic E-state index is 12.2. The Morgan fingerprint density at radius 2 is 1.65 bits per heavy atom. The van der Waals surface area contributed by atoms with Crippen LogP contribution < -0.4 is 10.5 Å². The standard InChI is InChI=1S/C21H15Cl2N3O5/c22-16-7-10-19(18(23)11-16)30-12-13-1-3-15(4-2-13)21(27)31-25-20(24)14-5-8-17(9-6-14)26(28)29/h1-11H,12H2,(H2,24,25). The number of ether oxygens (including phenoxy) is 1. The summed E-state index contributed by atoms with van der Waals surface area (Å²) < 4.78 is 5.64. The van der Waals surface area contributed by atoms with E-state index in [1.165, 1.54) is 24.3 Å². The average molecular weight is 460 g/mol. The second-order valence-electron chi connectivity index (χ2n) is 6.22. The second kappa shape index (κ2) is 9.92. The number of hydrogen-bond acceptors (Lipinski definition) is 6. The quantitative estimate of drug-likeness (QED) is 0.175. The number of nitrogens with zero attached hydrogens (tertiary/aromatic N) is 2. The molecule has 158 valence electrons. The minimum Gasteiger partial charge on any atom is -0.487 e. The topological polar surface area (TPSA) is 117 Å². The van der Waals surface area contributed by atoms with E-state index in [4.69, 9.17) is 38.5 Å². The molecule has 3 rings (SSSR count). The summed E-state index contributed by atoms with van der Waals surface area (Å²) in [6.45, 7) is 0.238. The van der Waals surface area contributed by atoms with Crippen LogP contribution in [-0.4, -0.2) is 16.7 Å². The van der Waals surface area contributed by atoms with Gasteiger partial charge in [0.1, 0.15) is 12.4 Å². The Morgan fingerprint density at radius 1 is 1.00 bits per heavy atom. The predicted octanol–water partition coefficient (Wildman–Crippen LogP) is 4.96. The van der Waals surface area contributed by atoms with Crippen LogP contribution in [-0.2, 0) is 11.4 Å². The Kier molecular flexibility index (Phi) is 7.07. The van der Waals surface area contributed by atoms with E-state index in [1.807, 2.05) is 0 Å². The molecule has 0 aliphatic heterocycles. The van der Waals surface area contributed by atoms with Gasteiger partial charge in [-0.3, -0.25) is 10.1 Å². The summed E-state index contributed by atoms with van der Waals surface area (Å²) in [5.41, 5.74) is 7.11. The normalized spacial score (nSPS) is 11.1. The summed E-state index contributed by atoms with van der Waals surface area (Å²) in [5.74, 6) is -0.309. The van der Waals surface area contributed by atoms with Crippen molar-refractivity contribution in [1.82, 2.24) is 0 Å². The molecule has 0 spiro atoms. The fourth-order valence-corrected chi connectivity index (χ4v) is 2.90. The van der Waals surface area contributed by atoms with Crippen molar-refractivity contribution in [3.8, 4) is 5.75 Å². The van der Waals surface area contributed by atoms with Crippen molar-refractivity contribution in [1.29, 1.82) is 0 Å². The van der Waals surface area contributed by atoms with E-state index >= 15 is 0 Å².